The summed E-state index contributed by atoms with van der Waals surface area (Å²) in [5, 5.41) is 2.74. The van der Waals surface area contributed by atoms with Crippen LogP contribution in [0.25, 0.3) is 11.4 Å². The van der Waals surface area contributed by atoms with Crippen molar-refractivity contribution in [3.63, 3.8) is 0 Å². The van der Waals surface area contributed by atoms with Crippen molar-refractivity contribution in [2.24, 2.45) is 5.73 Å². The molecule has 3 aromatic rings. The molecule has 0 radical (unpaired) electrons. The molecule has 24 heavy (non-hydrogen) atoms. The first-order valence-corrected chi connectivity index (χ1v) is 7.22. The van der Waals surface area contributed by atoms with Crippen molar-refractivity contribution in [1.82, 2.24) is 9.97 Å². The molecule has 3 rings (SSSR count). The van der Waals surface area contributed by atoms with Gasteiger partial charge in [0.2, 0.25) is 5.91 Å². The van der Waals surface area contributed by atoms with Gasteiger partial charge in [0.05, 0.1) is 17.0 Å². The predicted molar refractivity (Wildman–Crippen MR) is 90.4 cm³/mol. The maximum Gasteiger partial charge on any atom is 0.257 e. The third-order valence-corrected chi connectivity index (χ3v) is 3.38. The van der Waals surface area contributed by atoms with E-state index in [1.807, 2.05) is 18.2 Å². The summed E-state index contributed by atoms with van der Waals surface area (Å²) in [6.07, 6.45) is 3.19. The highest BCUT2D eigenvalue weighted by Gasteiger charge is 2.08. The Labute approximate surface area is 138 Å². The van der Waals surface area contributed by atoms with Crippen LogP contribution < -0.4 is 11.1 Å². The number of hydrogen-bond acceptors (Lipinski definition) is 4. The normalized spacial score (nSPS) is 10.2. The summed E-state index contributed by atoms with van der Waals surface area (Å²) in [7, 11) is 0. The number of carbonyl (C=O) groups is 2. The van der Waals surface area contributed by atoms with Gasteiger partial charge in [-0.15, -0.1) is 0 Å². The number of primary amides is 1. The monoisotopic (exact) mass is 318 g/mol. The highest BCUT2D eigenvalue weighted by molar-refractivity contribution is 6.04. The summed E-state index contributed by atoms with van der Waals surface area (Å²) in [5.74, 6) is -0.802. The van der Waals surface area contributed by atoms with E-state index in [0.29, 0.717) is 22.5 Å². The molecule has 1 aromatic carbocycles. The van der Waals surface area contributed by atoms with Crippen LogP contribution in [0.5, 0.6) is 0 Å². The smallest absolute Gasteiger partial charge is 0.257 e. The number of benzene rings is 1. The quantitative estimate of drug-likeness (QED) is 0.772. The molecule has 2 amide bonds. The molecule has 0 spiro atoms. The molecule has 6 heteroatoms. The largest absolute Gasteiger partial charge is 0.366 e. The highest BCUT2D eigenvalue weighted by Crippen LogP contribution is 2.15. The predicted octanol–water partition coefficient (Wildman–Crippen LogP) is 2.49. The van der Waals surface area contributed by atoms with Gasteiger partial charge < -0.3 is 11.1 Å². The average Bonchev–Trinajstić information content (AvgIpc) is 2.63. The van der Waals surface area contributed by atoms with Crippen molar-refractivity contribution >= 4 is 17.5 Å². The van der Waals surface area contributed by atoms with Crippen molar-refractivity contribution in [3.05, 3.63) is 78.1 Å². The Bertz CT molecular complexity index is 860. The van der Waals surface area contributed by atoms with Crippen molar-refractivity contribution < 1.29 is 9.59 Å². The van der Waals surface area contributed by atoms with Crippen LogP contribution in [0.4, 0.5) is 5.69 Å². The molecule has 0 aliphatic rings. The van der Waals surface area contributed by atoms with Gasteiger partial charge in [0.15, 0.2) is 0 Å². The number of rotatable bonds is 4. The van der Waals surface area contributed by atoms with Gasteiger partial charge in [-0.3, -0.25) is 19.6 Å². The van der Waals surface area contributed by atoms with Crippen LogP contribution in [0.3, 0.4) is 0 Å². The third-order valence-electron chi connectivity index (χ3n) is 3.38. The van der Waals surface area contributed by atoms with E-state index in [4.69, 9.17) is 5.73 Å². The minimum atomic E-state index is -0.512. The van der Waals surface area contributed by atoms with E-state index in [1.54, 1.807) is 42.6 Å². The van der Waals surface area contributed by atoms with Crippen molar-refractivity contribution in [3.8, 4) is 11.4 Å². The summed E-state index contributed by atoms with van der Waals surface area (Å²) in [4.78, 5) is 31.7. The van der Waals surface area contributed by atoms with Crippen LogP contribution in [0.15, 0.2) is 67.0 Å². The van der Waals surface area contributed by atoms with Gasteiger partial charge >= 0.3 is 0 Å². The maximum absolute atomic E-state index is 12.2. The first kappa shape index (κ1) is 15.4. The standard InChI is InChI=1S/C18H14N4O2/c19-17(23)12-4-7-14(8-5-12)22-18(24)13-6-9-16(21-11-13)15-3-1-2-10-20-15/h1-11H,(H2,19,23)(H,22,24). The minimum Gasteiger partial charge on any atom is -0.366 e. The van der Waals surface area contributed by atoms with Crippen LogP contribution in [0, 0.1) is 0 Å². The number of amides is 2. The van der Waals surface area contributed by atoms with Gasteiger partial charge in [0.1, 0.15) is 0 Å². The molecule has 0 aliphatic heterocycles. The molecule has 0 saturated heterocycles. The number of carbonyl (C=O) groups excluding carboxylic acids is 2. The Morgan fingerprint density at radius 2 is 1.54 bits per heavy atom. The lowest BCUT2D eigenvalue weighted by molar-refractivity contribution is 0.0998. The third kappa shape index (κ3) is 3.44. The van der Waals surface area contributed by atoms with Gasteiger partial charge in [-0.2, -0.15) is 0 Å². The molecule has 0 atom stereocenters. The van der Waals surface area contributed by atoms with Crippen LogP contribution in [0.1, 0.15) is 20.7 Å². The lowest BCUT2D eigenvalue weighted by atomic mass is 10.2. The van der Waals surface area contributed by atoms with Crippen molar-refractivity contribution in [2.75, 3.05) is 5.32 Å². The van der Waals surface area contributed by atoms with E-state index in [1.165, 1.54) is 6.20 Å². The molecule has 0 saturated carbocycles. The Morgan fingerprint density at radius 3 is 2.12 bits per heavy atom. The second-order valence-electron chi connectivity index (χ2n) is 5.04. The number of anilines is 1. The van der Waals surface area contributed by atoms with Crippen LogP contribution >= 0.6 is 0 Å². The van der Waals surface area contributed by atoms with Crippen LogP contribution in [-0.4, -0.2) is 21.8 Å². The molecule has 0 unspecified atom stereocenters. The Kier molecular flexibility index (Phi) is 4.29. The van der Waals surface area contributed by atoms with E-state index >= 15 is 0 Å². The molecule has 6 nitrogen and oxygen atoms in total. The van der Waals surface area contributed by atoms with Crippen LogP contribution in [0.2, 0.25) is 0 Å². The Morgan fingerprint density at radius 1 is 0.833 bits per heavy atom. The zero-order valence-electron chi connectivity index (χ0n) is 12.6. The van der Waals surface area contributed by atoms with Gasteiger partial charge in [0.25, 0.3) is 5.91 Å². The number of hydrogen-bond donors (Lipinski definition) is 2. The van der Waals surface area contributed by atoms with E-state index in [9.17, 15) is 9.59 Å². The molecule has 0 fully saturated rings. The van der Waals surface area contributed by atoms with E-state index in [2.05, 4.69) is 15.3 Å². The number of nitrogens with zero attached hydrogens (tertiary/aromatic N) is 2. The second-order valence-corrected chi connectivity index (χ2v) is 5.04. The van der Waals surface area contributed by atoms with Crippen molar-refractivity contribution in [2.45, 2.75) is 0 Å². The SMILES string of the molecule is NC(=O)c1ccc(NC(=O)c2ccc(-c3ccccn3)nc2)cc1. The van der Waals surface area contributed by atoms with Gasteiger partial charge in [-0.1, -0.05) is 6.07 Å². The topological polar surface area (TPSA) is 98.0 Å². The summed E-state index contributed by atoms with van der Waals surface area (Å²) in [6, 6.07) is 15.3. The molecule has 3 N–H and O–H groups in total. The Hall–Kier alpha value is -3.54. The number of nitrogens with one attached hydrogen (secondary N) is 1. The molecule has 0 bridgehead atoms. The van der Waals surface area contributed by atoms with Gasteiger partial charge in [0, 0.05) is 23.6 Å². The fourth-order valence-electron chi connectivity index (χ4n) is 2.12. The van der Waals surface area contributed by atoms with Gasteiger partial charge in [-0.25, -0.2) is 0 Å². The number of nitrogens with two attached hydrogens (primary N) is 1. The number of aromatic nitrogens is 2. The molecule has 2 aromatic heterocycles. The molecular formula is C18H14N4O2. The second kappa shape index (κ2) is 6.70. The summed E-state index contributed by atoms with van der Waals surface area (Å²) < 4.78 is 0. The molecular weight excluding hydrogens is 304 g/mol. The highest BCUT2D eigenvalue weighted by atomic mass is 16.2. The fourth-order valence-corrected chi connectivity index (χ4v) is 2.12. The summed E-state index contributed by atoms with van der Waals surface area (Å²) in [6.45, 7) is 0. The zero-order chi connectivity index (χ0) is 16.9. The van der Waals surface area contributed by atoms with Crippen molar-refractivity contribution in [1.29, 1.82) is 0 Å². The first-order chi connectivity index (χ1) is 11.6. The lowest BCUT2D eigenvalue weighted by Gasteiger charge is -2.06. The Balaban J connectivity index is 1.72. The fraction of sp³-hybridized carbons (Fsp3) is 0. The minimum absolute atomic E-state index is 0.290. The van der Waals surface area contributed by atoms with Gasteiger partial charge in [-0.05, 0) is 48.5 Å². The summed E-state index contributed by atoms with van der Waals surface area (Å²) >= 11 is 0. The maximum atomic E-state index is 12.2. The van der Waals surface area contributed by atoms with E-state index in [0.717, 1.165) is 5.69 Å². The molecule has 2 heterocycles. The zero-order valence-corrected chi connectivity index (χ0v) is 12.6. The summed E-state index contributed by atoms with van der Waals surface area (Å²) in [5.41, 5.74) is 7.99. The lowest BCUT2D eigenvalue weighted by Crippen LogP contribution is -2.13. The van der Waals surface area contributed by atoms with E-state index < -0.39 is 5.91 Å². The molecule has 0 aliphatic carbocycles. The van der Waals surface area contributed by atoms with Crippen LogP contribution in [-0.2, 0) is 0 Å². The molecule has 118 valence electrons. The first-order valence-electron chi connectivity index (χ1n) is 7.22. The van der Waals surface area contributed by atoms with E-state index in [-0.39, 0.29) is 5.91 Å². The number of pyridine rings is 2. The average molecular weight is 318 g/mol.